The number of amides is 2. The summed E-state index contributed by atoms with van der Waals surface area (Å²) in [6, 6.07) is 34.4. The first kappa shape index (κ1) is 30.2. The number of fused-ring (bicyclic) bond motifs is 1. The monoisotopic (exact) mass is 618 g/mol. The zero-order chi connectivity index (χ0) is 31.3. The van der Waals surface area contributed by atoms with Crippen molar-refractivity contribution in [3.8, 4) is 0 Å². The van der Waals surface area contributed by atoms with Crippen molar-refractivity contribution in [1.29, 1.82) is 0 Å². The van der Waals surface area contributed by atoms with Gasteiger partial charge < -0.3 is 20.3 Å². The minimum absolute atomic E-state index is 0.0889. The number of nitrogens with zero attached hydrogens (tertiary/aromatic N) is 2. The number of aromatic carboxylic acids is 1. The van der Waals surface area contributed by atoms with Gasteiger partial charge in [0.15, 0.2) is 0 Å². The maximum atomic E-state index is 13.6. The molecule has 0 saturated carbocycles. The van der Waals surface area contributed by atoms with Crippen molar-refractivity contribution < 1.29 is 19.5 Å². The van der Waals surface area contributed by atoms with Crippen LogP contribution in [-0.4, -0.2) is 69.9 Å². The number of carbonyl (C=O) groups is 3. The van der Waals surface area contributed by atoms with Crippen molar-refractivity contribution in [3.63, 3.8) is 0 Å². The third-order valence-electron chi connectivity index (χ3n) is 8.15. The molecule has 4 aromatic carbocycles. The molecule has 5 aromatic rings. The van der Waals surface area contributed by atoms with Gasteiger partial charge in [-0.25, -0.2) is 4.79 Å². The number of nitrogens with one attached hydrogen (secondary N) is 2. The largest absolute Gasteiger partial charge is 0.478 e. The summed E-state index contributed by atoms with van der Waals surface area (Å²) in [6.45, 7) is 4.21. The Morgan fingerprint density at radius 3 is 2.00 bits per heavy atom. The highest BCUT2D eigenvalue weighted by atomic mass is 32.2. The Balaban J connectivity index is 1.16. The highest BCUT2D eigenvalue weighted by Gasteiger charge is 2.31. The molecule has 1 aromatic heterocycles. The number of hydrogen-bond donors (Lipinski definition) is 3. The van der Waals surface area contributed by atoms with Crippen LogP contribution in [0.4, 0.5) is 0 Å². The van der Waals surface area contributed by atoms with Crippen LogP contribution in [0.5, 0.6) is 0 Å². The van der Waals surface area contributed by atoms with Crippen molar-refractivity contribution >= 4 is 40.4 Å². The molecular formula is C36H34N4O4S. The Hall–Kier alpha value is -4.86. The van der Waals surface area contributed by atoms with E-state index in [4.69, 9.17) is 0 Å². The van der Waals surface area contributed by atoms with E-state index in [2.05, 4.69) is 63.7 Å². The quantitative estimate of drug-likeness (QED) is 0.185. The number of piperazine rings is 1. The van der Waals surface area contributed by atoms with E-state index in [1.165, 1.54) is 22.9 Å². The minimum atomic E-state index is -1.04. The van der Waals surface area contributed by atoms with Crippen LogP contribution in [0, 0.1) is 0 Å². The fraction of sp³-hybridized carbons (Fsp3) is 0.194. The number of carbonyl (C=O) groups excluding carboxylic acids is 2. The highest BCUT2D eigenvalue weighted by Crippen LogP contribution is 2.38. The maximum absolute atomic E-state index is 13.6. The molecule has 1 aliphatic rings. The summed E-state index contributed by atoms with van der Waals surface area (Å²) in [5.74, 6) is -1.60. The molecular weight excluding hydrogens is 584 g/mol. The van der Waals surface area contributed by atoms with Gasteiger partial charge in [-0.05, 0) is 36.2 Å². The molecule has 0 aliphatic carbocycles. The van der Waals surface area contributed by atoms with E-state index in [0.29, 0.717) is 41.7 Å². The Morgan fingerprint density at radius 2 is 1.36 bits per heavy atom. The van der Waals surface area contributed by atoms with E-state index in [1.807, 2.05) is 41.3 Å². The molecule has 228 valence electrons. The second-order valence-electron chi connectivity index (χ2n) is 11.1. The smallest absolute Gasteiger partial charge is 0.336 e. The number of aromatic nitrogens is 1. The molecule has 9 heteroatoms. The van der Waals surface area contributed by atoms with Gasteiger partial charge in [0.05, 0.1) is 16.5 Å². The van der Waals surface area contributed by atoms with Crippen LogP contribution >= 0.6 is 11.8 Å². The minimum Gasteiger partial charge on any atom is -0.478 e. The zero-order valence-electron chi connectivity index (χ0n) is 24.9. The Labute approximate surface area is 266 Å². The van der Waals surface area contributed by atoms with Crippen LogP contribution in [0.3, 0.4) is 0 Å². The summed E-state index contributed by atoms with van der Waals surface area (Å²) in [7, 11) is 0. The maximum Gasteiger partial charge on any atom is 0.336 e. The first-order valence-corrected chi connectivity index (χ1v) is 15.8. The standard InChI is InChI=1S/C36H34N4O4S/c1-24(35(42)40-22-20-39(21-23-40)32(25-12-4-2-5-13-25)26-14-6-3-7-15-26)37-34(41)31-33(27-16-8-10-18-29(27)38-31)45-30-19-11-9-17-28(30)36(43)44/h2-19,24,32,38H,20-23H2,1H3,(H,37,41)(H,43,44)/t24-/m1/s1. The lowest BCUT2D eigenvalue weighted by molar-refractivity contribution is -0.134. The average Bonchev–Trinajstić information content (AvgIpc) is 3.44. The van der Waals surface area contributed by atoms with E-state index in [-0.39, 0.29) is 17.5 Å². The number of aromatic amines is 1. The number of carboxylic acid groups (broad SMARTS) is 1. The first-order chi connectivity index (χ1) is 21.9. The zero-order valence-corrected chi connectivity index (χ0v) is 25.7. The molecule has 6 rings (SSSR count). The van der Waals surface area contributed by atoms with E-state index in [1.54, 1.807) is 31.2 Å². The second kappa shape index (κ2) is 13.4. The Morgan fingerprint density at radius 1 is 0.778 bits per heavy atom. The van der Waals surface area contributed by atoms with Gasteiger partial charge in [-0.2, -0.15) is 0 Å². The summed E-state index contributed by atoms with van der Waals surface area (Å²) in [6.07, 6.45) is 0. The fourth-order valence-corrected chi connectivity index (χ4v) is 7.08. The number of rotatable bonds is 9. The summed E-state index contributed by atoms with van der Waals surface area (Å²) in [4.78, 5) is 47.6. The molecule has 1 saturated heterocycles. The average molecular weight is 619 g/mol. The SMILES string of the molecule is C[C@@H](NC(=O)c1[nH]c2ccccc2c1Sc1ccccc1C(=O)O)C(=O)N1CCN(C(c2ccccc2)c2ccccc2)CC1. The Bertz CT molecular complexity index is 1780. The number of H-pyrrole nitrogens is 1. The molecule has 0 unspecified atom stereocenters. The van der Waals surface area contributed by atoms with E-state index >= 15 is 0 Å². The molecule has 0 bridgehead atoms. The van der Waals surface area contributed by atoms with Crippen molar-refractivity contribution in [2.45, 2.75) is 28.8 Å². The van der Waals surface area contributed by atoms with E-state index < -0.39 is 17.9 Å². The summed E-state index contributed by atoms with van der Waals surface area (Å²) in [5, 5.41) is 13.4. The number of carboxylic acids is 1. The third kappa shape index (κ3) is 6.50. The summed E-state index contributed by atoms with van der Waals surface area (Å²) >= 11 is 1.22. The first-order valence-electron chi connectivity index (χ1n) is 14.9. The van der Waals surface area contributed by atoms with Gasteiger partial charge in [-0.1, -0.05) is 103 Å². The molecule has 0 radical (unpaired) electrons. The molecule has 45 heavy (non-hydrogen) atoms. The van der Waals surface area contributed by atoms with Crippen LogP contribution in [0.2, 0.25) is 0 Å². The Kier molecular flexibility index (Phi) is 9.00. The molecule has 2 heterocycles. The van der Waals surface area contributed by atoms with Crippen LogP contribution in [0.25, 0.3) is 10.9 Å². The van der Waals surface area contributed by atoms with E-state index in [9.17, 15) is 19.5 Å². The molecule has 0 spiro atoms. The molecule has 1 aliphatic heterocycles. The molecule has 8 nitrogen and oxygen atoms in total. The predicted molar refractivity (Wildman–Crippen MR) is 176 cm³/mol. The molecule has 1 fully saturated rings. The van der Waals surface area contributed by atoms with Crippen molar-refractivity contribution in [2.24, 2.45) is 0 Å². The number of hydrogen-bond acceptors (Lipinski definition) is 5. The molecule has 3 N–H and O–H groups in total. The van der Waals surface area contributed by atoms with Crippen LogP contribution in [-0.2, 0) is 4.79 Å². The van der Waals surface area contributed by atoms with Crippen LogP contribution in [0.1, 0.15) is 44.9 Å². The summed E-state index contributed by atoms with van der Waals surface area (Å²) in [5.41, 5.74) is 3.62. The fourth-order valence-electron chi connectivity index (χ4n) is 5.91. The van der Waals surface area contributed by atoms with Gasteiger partial charge in [0.25, 0.3) is 5.91 Å². The van der Waals surface area contributed by atoms with Crippen LogP contribution in [0.15, 0.2) is 119 Å². The third-order valence-corrected chi connectivity index (χ3v) is 9.36. The summed E-state index contributed by atoms with van der Waals surface area (Å²) < 4.78 is 0. The normalized spacial score (nSPS) is 14.4. The van der Waals surface area contributed by atoms with Gasteiger partial charge in [-0.3, -0.25) is 14.5 Å². The van der Waals surface area contributed by atoms with Gasteiger partial charge in [0.1, 0.15) is 11.7 Å². The molecule has 1 atom stereocenters. The highest BCUT2D eigenvalue weighted by molar-refractivity contribution is 7.99. The lowest BCUT2D eigenvalue weighted by Crippen LogP contribution is -2.54. The van der Waals surface area contributed by atoms with Gasteiger partial charge >= 0.3 is 5.97 Å². The van der Waals surface area contributed by atoms with Crippen molar-refractivity contribution in [2.75, 3.05) is 26.2 Å². The van der Waals surface area contributed by atoms with Crippen molar-refractivity contribution in [3.05, 3.63) is 132 Å². The van der Waals surface area contributed by atoms with Crippen LogP contribution < -0.4 is 5.32 Å². The lowest BCUT2D eigenvalue weighted by Gasteiger charge is -2.40. The lowest BCUT2D eigenvalue weighted by atomic mass is 9.96. The number of benzene rings is 4. The van der Waals surface area contributed by atoms with Gasteiger partial charge in [0, 0.05) is 42.0 Å². The van der Waals surface area contributed by atoms with Gasteiger partial charge in [0.2, 0.25) is 5.91 Å². The second-order valence-corrected chi connectivity index (χ2v) is 12.1. The molecule has 2 amide bonds. The van der Waals surface area contributed by atoms with Gasteiger partial charge in [-0.15, -0.1) is 0 Å². The predicted octanol–water partition coefficient (Wildman–Crippen LogP) is 6.07. The van der Waals surface area contributed by atoms with Crippen molar-refractivity contribution in [1.82, 2.24) is 20.1 Å². The number of para-hydroxylation sites is 1. The topological polar surface area (TPSA) is 106 Å². The van der Waals surface area contributed by atoms with E-state index in [0.717, 1.165) is 10.9 Å².